The van der Waals surface area contributed by atoms with Crippen molar-refractivity contribution in [2.24, 2.45) is 0 Å². The molecular formula is C18H25N3O4S2. The number of thiocarbonyl (C=S) groups is 1. The number of rotatable bonds is 6. The smallest absolute Gasteiger partial charge is 0.338 e. The number of nitrogens with one attached hydrogen (secondary N) is 1. The number of esters is 1. The topological polar surface area (TPSA) is 79.0 Å². The van der Waals surface area contributed by atoms with Gasteiger partial charge in [-0.1, -0.05) is 12.2 Å². The normalized spacial score (nSPS) is 15.3. The summed E-state index contributed by atoms with van der Waals surface area (Å²) in [6, 6.07) is 5.82. The molecule has 1 aliphatic heterocycles. The third-order valence-electron chi connectivity index (χ3n) is 4.07. The minimum Gasteiger partial charge on any atom is -0.462 e. The Labute approximate surface area is 166 Å². The summed E-state index contributed by atoms with van der Waals surface area (Å²) in [5.74, 6) is -0.467. The molecule has 1 saturated heterocycles. The minimum absolute atomic E-state index is 0.159. The van der Waals surface area contributed by atoms with Crippen molar-refractivity contribution in [2.75, 3.05) is 39.3 Å². The van der Waals surface area contributed by atoms with Gasteiger partial charge in [0.25, 0.3) is 0 Å². The summed E-state index contributed by atoms with van der Waals surface area (Å²) in [4.78, 5) is 13.8. The van der Waals surface area contributed by atoms with Crippen LogP contribution in [0.5, 0.6) is 0 Å². The van der Waals surface area contributed by atoms with Gasteiger partial charge in [-0.2, -0.15) is 4.31 Å². The van der Waals surface area contributed by atoms with Crippen LogP contribution in [0.2, 0.25) is 0 Å². The summed E-state index contributed by atoms with van der Waals surface area (Å²) >= 11 is 5.34. The number of sulfonamides is 1. The van der Waals surface area contributed by atoms with Gasteiger partial charge in [0.1, 0.15) is 0 Å². The molecule has 7 nitrogen and oxygen atoms in total. The van der Waals surface area contributed by atoms with E-state index in [0.29, 0.717) is 43.4 Å². The Morgan fingerprint density at radius 2 is 1.81 bits per heavy atom. The van der Waals surface area contributed by atoms with Crippen molar-refractivity contribution in [3.63, 3.8) is 0 Å². The lowest BCUT2D eigenvalue weighted by Gasteiger charge is -2.35. The summed E-state index contributed by atoms with van der Waals surface area (Å²) in [5, 5.41) is 3.72. The fraction of sp³-hybridized carbons (Fsp3) is 0.444. The largest absolute Gasteiger partial charge is 0.462 e. The lowest BCUT2D eigenvalue weighted by Crippen LogP contribution is -2.53. The first-order valence-electron chi connectivity index (χ1n) is 8.70. The molecule has 0 aromatic heterocycles. The third-order valence-corrected chi connectivity index (χ3v) is 6.39. The van der Waals surface area contributed by atoms with Gasteiger partial charge in [0.2, 0.25) is 10.0 Å². The molecule has 1 aromatic rings. The fourth-order valence-corrected chi connectivity index (χ4v) is 4.27. The van der Waals surface area contributed by atoms with Gasteiger partial charge in [0.05, 0.1) is 17.1 Å². The highest BCUT2D eigenvalue weighted by molar-refractivity contribution is 7.89. The molecule has 1 heterocycles. The third kappa shape index (κ3) is 5.50. The second-order valence-corrected chi connectivity index (χ2v) is 8.58. The molecule has 0 unspecified atom stereocenters. The Kier molecular flexibility index (Phi) is 7.34. The quantitative estimate of drug-likeness (QED) is 0.433. The summed E-state index contributed by atoms with van der Waals surface area (Å²) < 4.78 is 32.0. The van der Waals surface area contributed by atoms with Gasteiger partial charge in [-0.3, -0.25) is 0 Å². The van der Waals surface area contributed by atoms with E-state index in [-0.39, 0.29) is 11.5 Å². The average molecular weight is 412 g/mol. The molecule has 1 aromatic carbocycles. The predicted molar refractivity (Wildman–Crippen MR) is 108 cm³/mol. The first kappa shape index (κ1) is 21.3. The molecule has 0 atom stereocenters. The van der Waals surface area contributed by atoms with Crippen molar-refractivity contribution >= 4 is 33.3 Å². The molecule has 0 aliphatic carbocycles. The average Bonchev–Trinajstić information content (AvgIpc) is 2.66. The van der Waals surface area contributed by atoms with E-state index in [1.54, 1.807) is 6.92 Å². The Bertz CT molecular complexity index is 798. The second kappa shape index (κ2) is 9.29. The zero-order chi connectivity index (χ0) is 20.0. The molecule has 1 fully saturated rings. The van der Waals surface area contributed by atoms with E-state index in [4.69, 9.17) is 17.0 Å². The summed E-state index contributed by atoms with van der Waals surface area (Å²) in [6.07, 6.45) is 0. The molecule has 0 radical (unpaired) electrons. The highest BCUT2D eigenvalue weighted by Crippen LogP contribution is 2.19. The maximum Gasteiger partial charge on any atom is 0.338 e. The molecular weight excluding hydrogens is 386 g/mol. The number of carbonyl (C=O) groups is 1. The van der Waals surface area contributed by atoms with Gasteiger partial charge in [-0.05, 0) is 50.3 Å². The molecule has 1 aliphatic rings. The summed E-state index contributed by atoms with van der Waals surface area (Å²) in [7, 11) is -3.61. The van der Waals surface area contributed by atoms with Crippen molar-refractivity contribution in [1.29, 1.82) is 0 Å². The van der Waals surface area contributed by atoms with E-state index >= 15 is 0 Å². The molecule has 148 valence electrons. The number of nitrogens with zero attached hydrogens (tertiary/aromatic N) is 2. The SMILES string of the molecule is C=C(C)CNC(=S)N1CCN(S(=O)(=O)c2ccc(C(=O)OCC)cc2)CC1. The van der Waals surface area contributed by atoms with E-state index in [1.807, 2.05) is 11.8 Å². The van der Waals surface area contributed by atoms with Crippen LogP contribution in [0.4, 0.5) is 0 Å². The van der Waals surface area contributed by atoms with Crippen molar-refractivity contribution in [3.8, 4) is 0 Å². The van der Waals surface area contributed by atoms with Crippen LogP contribution in [0.1, 0.15) is 24.2 Å². The van der Waals surface area contributed by atoms with E-state index in [2.05, 4.69) is 11.9 Å². The molecule has 0 amide bonds. The van der Waals surface area contributed by atoms with Crippen molar-refractivity contribution < 1.29 is 17.9 Å². The van der Waals surface area contributed by atoms with E-state index in [0.717, 1.165) is 5.57 Å². The van der Waals surface area contributed by atoms with Crippen molar-refractivity contribution in [2.45, 2.75) is 18.7 Å². The highest BCUT2D eigenvalue weighted by atomic mass is 32.2. The Morgan fingerprint density at radius 1 is 1.22 bits per heavy atom. The summed E-state index contributed by atoms with van der Waals surface area (Å²) in [6.45, 7) is 10.0. The van der Waals surface area contributed by atoms with Crippen LogP contribution in [0.15, 0.2) is 41.3 Å². The zero-order valence-electron chi connectivity index (χ0n) is 15.6. The van der Waals surface area contributed by atoms with Crippen LogP contribution in [-0.4, -0.2) is 68.0 Å². The second-order valence-electron chi connectivity index (χ2n) is 6.25. The van der Waals surface area contributed by atoms with Gasteiger partial charge in [-0.15, -0.1) is 0 Å². The Hall–Kier alpha value is -1.97. The van der Waals surface area contributed by atoms with Crippen molar-refractivity contribution in [3.05, 3.63) is 42.0 Å². The lowest BCUT2D eigenvalue weighted by atomic mass is 10.2. The number of piperazine rings is 1. The van der Waals surface area contributed by atoms with Crippen LogP contribution in [0.25, 0.3) is 0 Å². The van der Waals surface area contributed by atoms with E-state index < -0.39 is 16.0 Å². The first-order valence-corrected chi connectivity index (χ1v) is 10.5. The van der Waals surface area contributed by atoms with Gasteiger partial charge < -0.3 is 15.0 Å². The van der Waals surface area contributed by atoms with Crippen LogP contribution in [-0.2, 0) is 14.8 Å². The lowest BCUT2D eigenvalue weighted by molar-refractivity contribution is 0.0526. The molecule has 0 bridgehead atoms. The van der Waals surface area contributed by atoms with Gasteiger partial charge in [-0.25, -0.2) is 13.2 Å². The van der Waals surface area contributed by atoms with E-state index in [9.17, 15) is 13.2 Å². The molecule has 2 rings (SSSR count). The highest BCUT2D eigenvalue weighted by Gasteiger charge is 2.29. The fourth-order valence-electron chi connectivity index (χ4n) is 2.60. The maximum atomic E-state index is 12.8. The predicted octanol–water partition coefficient (Wildman–Crippen LogP) is 1.62. The standard InChI is InChI=1S/C18H25N3O4S2/c1-4-25-17(22)15-5-7-16(8-6-15)27(23,24)21-11-9-20(10-12-21)18(26)19-13-14(2)3/h5-8H,2,4,9-13H2,1,3H3,(H,19,26). The zero-order valence-corrected chi connectivity index (χ0v) is 17.2. The van der Waals surface area contributed by atoms with Gasteiger partial charge in [0, 0.05) is 32.7 Å². The van der Waals surface area contributed by atoms with Gasteiger partial charge in [0.15, 0.2) is 5.11 Å². The van der Waals surface area contributed by atoms with Crippen LogP contribution in [0.3, 0.4) is 0 Å². The maximum absolute atomic E-state index is 12.8. The molecule has 0 spiro atoms. The molecule has 1 N–H and O–H groups in total. The van der Waals surface area contributed by atoms with Crippen LogP contribution < -0.4 is 5.32 Å². The molecule has 9 heteroatoms. The van der Waals surface area contributed by atoms with Gasteiger partial charge >= 0.3 is 5.97 Å². The summed E-state index contributed by atoms with van der Waals surface area (Å²) in [5.41, 5.74) is 1.30. The number of hydrogen-bond donors (Lipinski definition) is 1. The number of carbonyl (C=O) groups excluding carboxylic acids is 1. The van der Waals surface area contributed by atoms with E-state index in [1.165, 1.54) is 28.6 Å². The molecule has 0 saturated carbocycles. The van der Waals surface area contributed by atoms with Crippen LogP contribution in [0, 0.1) is 0 Å². The number of hydrogen-bond acceptors (Lipinski definition) is 5. The Balaban J connectivity index is 1.99. The number of ether oxygens (including phenoxy) is 1. The Morgan fingerprint density at radius 3 is 2.33 bits per heavy atom. The van der Waals surface area contributed by atoms with Crippen LogP contribution >= 0.6 is 12.2 Å². The number of benzene rings is 1. The first-order chi connectivity index (χ1) is 12.8. The molecule has 27 heavy (non-hydrogen) atoms. The van der Waals surface area contributed by atoms with Crippen molar-refractivity contribution in [1.82, 2.24) is 14.5 Å². The minimum atomic E-state index is -3.61. The monoisotopic (exact) mass is 411 g/mol.